The molecule has 0 aliphatic heterocycles. The van der Waals surface area contributed by atoms with Crippen molar-refractivity contribution in [3.8, 4) is 11.3 Å². The summed E-state index contributed by atoms with van der Waals surface area (Å²) in [6.45, 7) is 0. The van der Waals surface area contributed by atoms with Gasteiger partial charge in [0, 0.05) is 17.2 Å². The van der Waals surface area contributed by atoms with Gasteiger partial charge in [-0.15, -0.1) is 0 Å². The van der Waals surface area contributed by atoms with Gasteiger partial charge in [-0.3, -0.25) is 4.79 Å². The number of hydrogen-bond donors (Lipinski definition) is 1. The summed E-state index contributed by atoms with van der Waals surface area (Å²) in [5.41, 5.74) is 4.71. The number of fused-ring (bicyclic) bond motifs is 1. The molecule has 2 aliphatic rings. The number of rotatable bonds is 6. The minimum absolute atomic E-state index is 0.0151. The maximum absolute atomic E-state index is 13.6. The SMILES string of the molecule is O=C(NC(c1ccccc1)C1CC1)c1cc(C2CC2)nc2onc(-c3ccccc3)c12. The van der Waals surface area contributed by atoms with Crippen LogP contribution < -0.4 is 5.32 Å². The van der Waals surface area contributed by atoms with Gasteiger partial charge in [-0.05, 0) is 43.2 Å². The second-order valence-corrected chi connectivity index (χ2v) is 8.65. The molecule has 4 aromatic rings. The van der Waals surface area contributed by atoms with Gasteiger partial charge >= 0.3 is 0 Å². The third-order valence-corrected chi connectivity index (χ3v) is 6.29. The van der Waals surface area contributed by atoms with Crippen LogP contribution in [0.2, 0.25) is 0 Å². The van der Waals surface area contributed by atoms with Crippen LogP contribution in [-0.4, -0.2) is 16.0 Å². The van der Waals surface area contributed by atoms with Crippen molar-refractivity contribution in [1.29, 1.82) is 0 Å². The highest BCUT2D eigenvalue weighted by Crippen LogP contribution is 2.43. The number of benzene rings is 2. The molecule has 2 aliphatic carbocycles. The number of nitrogens with one attached hydrogen (secondary N) is 1. The predicted octanol–water partition coefficient (Wildman–Crippen LogP) is 5.65. The number of hydrogen-bond acceptors (Lipinski definition) is 4. The van der Waals surface area contributed by atoms with Crippen molar-refractivity contribution in [2.24, 2.45) is 5.92 Å². The Bertz CT molecular complexity index is 1240. The first-order valence-corrected chi connectivity index (χ1v) is 11.0. The molecule has 5 nitrogen and oxygen atoms in total. The van der Waals surface area contributed by atoms with E-state index in [2.05, 4.69) is 22.6 Å². The number of aromatic nitrogens is 2. The Morgan fingerprint density at radius 1 is 0.968 bits per heavy atom. The molecule has 31 heavy (non-hydrogen) atoms. The summed E-state index contributed by atoms with van der Waals surface area (Å²) in [6.07, 6.45) is 4.49. The van der Waals surface area contributed by atoms with E-state index < -0.39 is 0 Å². The fourth-order valence-electron chi connectivity index (χ4n) is 4.31. The molecule has 2 aromatic carbocycles. The Labute approximate surface area is 180 Å². The van der Waals surface area contributed by atoms with Crippen molar-refractivity contribution in [3.63, 3.8) is 0 Å². The Morgan fingerprint density at radius 2 is 1.68 bits per heavy atom. The predicted molar refractivity (Wildman–Crippen MR) is 119 cm³/mol. The van der Waals surface area contributed by atoms with Gasteiger partial charge in [0.1, 0.15) is 5.69 Å². The van der Waals surface area contributed by atoms with Crippen LogP contribution in [0, 0.1) is 5.92 Å². The van der Waals surface area contributed by atoms with Crippen LogP contribution in [-0.2, 0) is 0 Å². The monoisotopic (exact) mass is 409 g/mol. The summed E-state index contributed by atoms with van der Waals surface area (Å²) in [5, 5.41) is 8.31. The molecule has 5 heteroatoms. The van der Waals surface area contributed by atoms with E-state index in [1.807, 2.05) is 54.6 Å². The summed E-state index contributed by atoms with van der Waals surface area (Å²) in [5.74, 6) is 0.813. The standard InChI is InChI=1S/C26H23N3O2/c30-25(28-23(19-13-14-19)17-7-3-1-4-8-17)20-15-21(16-11-12-16)27-26-22(20)24(29-31-26)18-9-5-2-6-10-18/h1-10,15-16,19,23H,11-14H2,(H,28,30). The van der Waals surface area contributed by atoms with Crippen molar-refractivity contribution < 1.29 is 9.32 Å². The van der Waals surface area contributed by atoms with Gasteiger partial charge in [0.05, 0.1) is 17.0 Å². The second kappa shape index (κ2) is 7.34. The van der Waals surface area contributed by atoms with Gasteiger partial charge in [0.2, 0.25) is 0 Å². The lowest BCUT2D eigenvalue weighted by molar-refractivity contribution is 0.0933. The van der Waals surface area contributed by atoms with Gasteiger partial charge in [-0.2, -0.15) is 0 Å². The van der Waals surface area contributed by atoms with E-state index >= 15 is 0 Å². The summed E-state index contributed by atoms with van der Waals surface area (Å²) in [7, 11) is 0. The Kier molecular flexibility index (Phi) is 4.34. The van der Waals surface area contributed by atoms with E-state index in [-0.39, 0.29) is 11.9 Å². The van der Waals surface area contributed by atoms with Crippen LogP contribution in [0.15, 0.2) is 71.3 Å². The molecule has 154 valence electrons. The number of amides is 1. The van der Waals surface area contributed by atoms with E-state index in [0.29, 0.717) is 34.2 Å². The normalized spacial score (nSPS) is 16.9. The fraction of sp³-hybridized carbons (Fsp3) is 0.269. The zero-order valence-electron chi connectivity index (χ0n) is 17.1. The number of carbonyl (C=O) groups is 1. The maximum Gasteiger partial charge on any atom is 0.259 e. The van der Waals surface area contributed by atoms with Crippen molar-refractivity contribution in [3.05, 3.63) is 83.6 Å². The van der Waals surface area contributed by atoms with Crippen molar-refractivity contribution >= 4 is 17.0 Å². The lowest BCUT2D eigenvalue weighted by atomic mass is 10.00. The third-order valence-electron chi connectivity index (χ3n) is 6.29. The van der Waals surface area contributed by atoms with Crippen LogP contribution in [0.25, 0.3) is 22.4 Å². The molecule has 6 rings (SSSR count). The van der Waals surface area contributed by atoms with Crippen LogP contribution in [0.3, 0.4) is 0 Å². The fourth-order valence-corrected chi connectivity index (χ4v) is 4.31. The van der Waals surface area contributed by atoms with Crippen LogP contribution in [0.4, 0.5) is 0 Å². The quantitative estimate of drug-likeness (QED) is 0.447. The smallest absolute Gasteiger partial charge is 0.259 e. The van der Waals surface area contributed by atoms with Crippen molar-refractivity contribution in [1.82, 2.24) is 15.5 Å². The van der Waals surface area contributed by atoms with E-state index in [1.165, 1.54) is 0 Å². The summed E-state index contributed by atoms with van der Waals surface area (Å²) in [4.78, 5) is 18.3. The van der Waals surface area contributed by atoms with E-state index in [1.54, 1.807) is 0 Å². The summed E-state index contributed by atoms with van der Waals surface area (Å²) >= 11 is 0. The number of carbonyl (C=O) groups excluding carboxylic acids is 1. The zero-order valence-corrected chi connectivity index (χ0v) is 17.1. The first-order chi connectivity index (χ1) is 15.3. The topological polar surface area (TPSA) is 68.0 Å². The van der Waals surface area contributed by atoms with E-state index in [4.69, 9.17) is 9.51 Å². The molecule has 0 spiro atoms. The molecule has 1 amide bonds. The Morgan fingerprint density at radius 3 is 2.35 bits per heavy atom. The molecule has 2 saturated carbocycles. The molecule has 2 fully saturated rings. The average Bonchev–Trinajstić information content (AvgIpc) is 3.75. The van der Waals surface area contributed by atoms with Gasteiger partial charge in [0.25, 0.3) is 11.6 Å². The number of nitrogens with zero attached hydrogens (tertiary/aromatic N) is 2. The second-order valence-electron chi connectivity index (χ2n) is 8.65. The molecule has 0 radical (unpaired) electrons. The largest absolute Gasteiger partial charge is 0.345 e. The minimum Gasteiger partial charge on any atom is -0.345 e. The van der Waals surface area contributed by atoms with Crippen molar-refractivity contribution in [2.45, 2.75) is 37.6 Å². The lowest BCUT2D eigenvalue weighted by Crippen LogP contribution is -2.30. The van der Waals surface area contributed by atoms with Gasteiger partial charge < -0.3 is 9.84 Å². The minimum atomic E-state index is -0.0876. The lowest BCUT2D eigenvalue weighted by Gasteiger charge is -2.19. The molecular formula is C26H23N3O2. The number of pyridine rings is 1. The van der Waals surface area contributed by atoms with Crippen molar-refractivity contribution in [2.75, 3.05) is 0 Å². The van der Waals surface area contributed by atoms with Crippen LogP contribution >= 0.6 is 0 Å². The average molecular weight is 409 g/mol. The summed E-state index contributed by atoms with van der Waals surface area (Å²) in [6, 6.07) is 22.0. The first kappa shape index (κ1) is 18.3. The van der Waals surface area contributed by atoms with Gasteiger partial charge in [-0.25, -0.2) is 4.98 Å². The molecule has 0 bridgehead atoms. The van der Waals surface area contributed by atoms with Crippen LogP contribution in [0.1, 0.15) is 59.3 Å². The van der Waals surface area contributed by atoms with E-state index in [0.717, 1.165) is 42.5 Å². The van der Waals surface area contributed by atoms with Gasteiger partial charge in [-0.1, -0.05) is 65.8 Å². The highest BCUT2D eigenvalue weighted by atomic mass is 16.5. The molecule has 1 atom stereocenters. The molecule has 0 saturated heterocycles. The molecular weight excluding hydrogens is 386 g/mol. The highest BCUT2D eigenvalue weighted by molar-refractivity contribution is 6.09. The third kappa shape index (κ3) is 3.50. The Hall–Kier alpha value is -3.47. The van der Waals surface area contributed by atoms with E-state index in [9.17, 15) is 4.79 Å². The first-order valence-electron chi connectivity index (χ1n) is 11.0. The highest BCUT2D eigenvalue weighted by Gasteiger charge is 2.35. The molecule has 1 N–H and O–H groups in total. The molecule has 1 unspecified atom stereocenters. The maximum atomic E-state index is 13.6. The Balaban J connectivity index is 1.44. The molecule has 2 heterocycles. The van der Waals surface area contributed by atoms with Gasteiger partial charge in [0.15, 0.2) is 0 Å². The molecule has 2 aromatic heterocycles. The zero-order chi connectivity index (χ0) is 20.8. The summed E-state index contributed by atoms with van der Waals surface area (Å²) < 4.78 is 5.62. The van der Waals surface area contributed by atoms with Crippen LogP contribution in [0.5, 0.6) is 0 Å².